The van der Waals surface area contributed by atoms with Crippen molar-refractivity contribution in [3.05, 3.63) is 0 Å². The number of hydrogen-bond acceptors (Lipinski definition) is 2. The maximum absolute atomic E-state index is 8.88. The molecule has 3 unspecified atom stereocenters. The van der Waals surface area contributed by atoms with E-state index in [9.17, 15) is 0 Å². The Balaban J connectivity index is 1.69. The maximum atomic E-state index is 8.88. The van der Waals surface area contributed by atoms with Gasteiger partial charge in [-0.2, -0.15) is 0 Å². The molecule has 2 rings (SSSR count). The third-order valence-electron chi connectivity index (χ3n) is 3.69. The average molecular weight is 183 g/mol. The van der Waals surface area contributed by atoms with E-state index in [4.69, 9.17) is 5.11 Å². The minimum absolute atomic E-state index is 0.360. The van der Waals surface area contributed by atoms with Crippen molar-refractivity contribution in [2.75, 3.05) is 26.2 Å². The summed E-state index contributed by atoms with van der Waals surface area (Å²) in [6, 6.07) is 0. The fourth-order valence-electron chi connectivity index (χ4n) is 2.62. The van der Waals surface area contributed by atoms with Crippen molar-refractivity contribution < 1.29 is 5.11 Å². The topological polar surface area (TPSA) is 23.5 Å². The smallest absolute Gasteiger partial charge is 0.0434 e. The highest BCUT2D eigenvalue weighted by Crippen LogP contribution is 2.45. The number of likely N-dealkylation sites (tertiary alicyclic amines) is 1. The molecular formula is C11H21NO. The molecular weight excluding hydrogens is 162 g/mol. The van der Waals surface area contributed by atoms with Crippen molar-refractivity contribution in [2.45, 2.75) is 26.2 Å². The van der Waals surface area contributed by atoms with Gasteiger partial charge < -0.3 is 10.0 Å². The Hall–Kier alpha value is -0.0800. The summed E-state index contributed by atoms with van der Waals surface area (Å²) in [5.41, 5.74) is 0. The molecule has 1 aliphatic heterocycles. The molecule has 1 aliphatic carbocycles. The van der Waals surface area contributed by atoms with Crippen molar-refractivity contribution in [3.8, 4) is 0 Å². The molecule has 0 aromatic rings. The first-order valence-electron chi connectivity index (χ1n) is 5.66. The lowest BCUT2D eigenvalue weighted by Crippen LogP contribution is -2.29. The number of aliphatic hydroxyl groups excluding tert-OH is 1. The summed E-state index contributed by atoms with van der Waals surface area (Å²) in [6.45, 7) is 6.50. The number of rotatable bonds is 5. The van der Waals surface area contributed by atoms with E-state index in [0.29, 0.717) is 6.61 Å². The number of nitrogens with zero attached hydrogens (tertiary/aromatic N) is 1. The van der Waals surface area contributed by atoms with Crippen molar-refractivity contribution >= 4 is 0 Å². The predicted molar refractivity (Wildman–Crippen MR) is 53.5 cm³/mol. The normalized spacial score (nSPS) is 34.6. The Morgan fingerprint density at radius 2 is 2.08 bits per heavy atom. The lowest BCUT2D eigenvalue weighted by molar-refractivity contribution is 0.202. The molecule has 2 fully saturated rings. The molecule has 0 aromatic heterocycles. The van der Waals surface area contributed by atoms with E-state index in [1.165, 1.54) is 32.5 Å². The molecule has 1 heterocycles. The Labute approximate surface area is 80.9 Å². The second-order valence-corrected chi connectivity index (χ2v) is 4.76. The first kappa shape index (κ1) is 9.47. The summed E-state index contributed by atoms with van der Waals surface area (Å²) in [5, 5.41) is 8.88. The highest BCUT2D eigenvalue weighted by Gasteiger charge is 2.44. The van der Waals surface area contributed by atoms with E-state index in [2.05, 4.69) is 11.8 Å². The van der Waals surface area contributed by atoms with Gasteiger partial charge in [0.2, 0.25) is 0 Å². The van der Waals surface area contributed by atoms with E-state index in [1.807, 2.05) is 0 Å². The van der Waals surface area contributed by atoms with Crippen molar-refractivity contribution in [1.29, 1.82) is 0 Å². The van der Waals surface area contributed by atoms with E-state index < -0.39 is 0 Å². The largest absolute Gasteiger partial charge is 0.396 e. The molecule has 1 saturated heterocycles. The fraction of sp³-hybridized carbons (Fsp3) is 1.00. The number of aliphatic hydroxyl groups is 1. The lowest BCUT2D eigenvalue weighted by atomic mass is 10.0. The van der Waals surface area contributed by atoms with Crippen LogP contribution in [-0.4, -0.2) is 36.2 Å². The Morgan fingerprint density at radius 1 is 1.38 bits per heavy atom. The predicted octanol–water partition coefficient (Wildman–Crippen LogP) is 1.35. The molecule has 13 heavy (non-hydrogen) atoms. The van der Waals surface area contributed by atoms with E-state index in [1.54, 1.807) is 0 Å². The standard InChI is InChI=1S/C11H21NO/c1-2-9(3-4-13)6-12-7-10-5-11(10)8-12/h9-11,13H,2-8H2,1H3. The second-order valence-electron chi connectivity index (χ2n) is 4.76. The SMILES string of the molecule is CCC(CCO)CN1CC2CC2C1. The first-order chi connectivity index (χ1) is 6.33. The Kier molecular flexibility index (Phi) is 2.89. The second kappa shape index (κ2) is 3.97. The summed E-state index contributed by atoms with van der Waals surface area (Å²) in [6.07, 6.45) is 3.70. The molecule has 76 valence electrons. The molecule has 3 atom stereocenters. The van der Waals surface area contributed by atoms with E-state index in [-0.39, 0.29) is 0 Å². The molecule has 2 nitrogen and oxygen atoms in total. The van der Waals surface area contributed by atoms with Crippen molar-refractivity contribution in [3.63, 3.8) is 0 Å². The van der Waals surface area contributed by atoms with Crippen LogP contribution in [-0.2, 0) is 0 Å². The monoisotopic (exact) mass is 183 g/mol. The van der Waals surface area contributed by atoms with Crippen LogP contribution in [0.1, 0.15) is 26.2 Å². The van der Waals surface area contributed by atoms with Crippen LogP contribution in [0.2, 0.25) is 0 Å². The molecule has 0 bridgehead atoms. The highest BCUT2D eigenvalue weighted by atomic mass is 16.3. The van der Waals surface area contributed by atoms with Gasteiger partial charge in [-0.15, -0.1) is 0 Å². The summed E-state index contributed by atoms with van der Waals surface area (Å²) in [5.74, 6) is 2.82. The number of hydrogen-bond donors (Lipinski definition) is 1. The van der Waals surface area contributed by atoms with Crippen LogP contribution in [0.15, 0.2) is 0 Å². The minimum Gasteiger partial charge on any atom is -0.396 e. The number of piperidine rings is 1. The van der Waals surface area contributed by atoms with E-state index in [0.717, 1.165) is 24.2 Å². The van der Waals surface area contributed by atoms with Gasteiger partial charge in [-0.3, -0.25) is 0 Å². The lowest BCUT2D eigenvalue weighted by Gasteiger charge is -2.23. The quantitative estimate of drug-likeness (QED) is 0.695. The van der Waals surface area contributed by atoms with Gasteiger partial charge in [-0.05, 0) is 30.6 Å². The zero-order valence-corrected chi connectivity index (χ0v) is 8.58. The Morgan fingerprint density at radius 3 is 2.62 bits per heavy atom. The zero-order chi connectivity index (χ0) is 9.26. The minimum atomic E-state index is 0.360. The summed E-state index contributed by atoms with van der Waals surface area (Å²) < 4.78 is 0. The van der Waals surface area contributed by atoms with Crippen LogP contribution in [0.5, 0.6) is 0 Å². The van der Waals surface area contributed by atoms with Gasteiger partial charge in [0, 0.05) is 26.2 Å². The van der Waals surface area contributed by atoms with Gasteiger partial charge in [0.15, 0.2) is 0 Å². The summed E-state index contributed by atoms with van der Waals surface area (Å²) in [4.78, 5) is 2.60. The zero-order valence-electron chi connectivity index (χ0n) is 8.58. The molecule has 0 amide bonds. The average Bonchev–Trinajstić information content (AvgIpc) is 2.74. The molecule has 1 saturated carbocycles. The molecule has 0 aromatic carbocycles. The van der Waals surface area contributed by atoms with Gasteiger partial charge in [0.25, 0.3) is 0 Å². The van der Waals surface area contributed by atoms with Crippen LogP contribution in [0.25, 0.3) is 0 Å². The van der Waals surface area contributed by atoms with Crippen molar-refractivity contribution in [1.82, 2.24) is 4.90 Å². The first-order valence-corrected chi connectivity index (χ1v) is 5.66. The summed E-state index contributed by atoms with van der Waals surface area (Å²) >= 11 is 0. The maximum Gasteiger partial charge on any atom is 0.0434 e. The van der Waals surface area contributed by atoms with Crippen LogP contribution >= 0.6 is 0 Å². The molecule has 0 spiro atoms. The molecule has 0 radical (unpaired) electrons. The van der Waals surface area contributed by atoms with Gasteiger partial charge in [-0.1, -0.05) is 13.3 Å². The van der Waals surface area contributed by atoms with Gasteiger partial charge in [0.05, 0.1) is 0 Å². The number of fused-ring (bicyclic) bond motifs is 1. The summed E-state index contributed by atoms with van der Waals surface area (Å²) in [7, 11) is 0. The fourth-order valence-corrected chi connectivity index (χ4v) is 2.62. The molecule has 1 N–H and O–H groups in total. The van der Waals surface area contributed by atoms with Crippen LogP contribution in [0.3, 0.4) is 0 Å². The van der Waals surface area contributed by atoms with Crippen LogP contribution in [0, 0.1) is 17.8 Å². The Bertz CT molecular complexity index is 161. The highest BCUT2D eigenvalue weighted by molar-refractivity contribution is 4.97. The van der Waals surface area contributed by atoms with E-state index >= 15 is 0 Å². The van der Waals surface area contributed by atoms with Crippen LogP contribution < -0.4 is 0 Å². The molecule has 2 aliphatic rings. The third kappa shape index (κ3) is 2.23. The van der Waals surface area contributed by atoms with Gasteiger partial charge in [0.1, 0.15) is 0 Å². The van der Waals surface area contributed by atoms with Crippen molar-refractivity contribution in [2.24, 2.45) is 17.8 Å². The molecule has 2 heteroatoms. The van der Waals surface area contributed by atoms with Gasteiger partial charge >= 0.3 is 0 Å². The van der Waals surface area contributed by atoms with Crippen LogP contribution in [0.4, 0.5) is 0 Å². The third-order valence-corrected chi connectivity index (χ3v) is 3.69. The van der Waals surface area contributed by atoms with Gasteiger partial charge in [-0.25, -0.2) is 0 Å².